The minimum Gasteiger partial charge on any atom is -0.395 e. The Morgan fingerprint density at radius 3 is 2.85 bits per heavy atom. The summed E-state index contributed by atoms with van der Waals surface area (Å²) in [6.45, 7) is 1.84. The molecule has 1 saturated heterocycles. The van der Waals surface area contributed by atoms with E-state index in [1.165, 1.54) is 22.5 Å². The Kier molecular flexibility index (Phi) is 4.62. The summed E-state index contributed by atoms with van der Waals surface area (Å²) in [6, 6.07) is 3.50. The Bertz CT molecular complexity index is 577. The van der Waals surface area contributed by atoms with E-state index in [0.29, 0.717) is 24.2 Å². The molecule has 0 spiro atoms. The highest BCUT2D eigenvalue weighted by atomic mass is 32.2. The van der Waals surface area contributed by atoms with Gasteiger partial charge in [0.2, 0.25) is 0 Å². The van der Waals surface area contributed by atoms with Gasteiger partial charge in [0.25, 0.3) is 0 Å². The van der Waals surface area contributed by atoms with Crippen molar-refractivity contribution >= 4 is 15.9 Å². The minimum atomic E-state index is -3.73. The molecule has 0 radical (unpaired) electrons. The number of piperidine rings is 1. The van der Waals surface area contributed by atoms with Crippen molar-refractivity contribution in [2.24, 2.45) is 0 Å². The smallest absolute Gasteiger partial charge is 0.301 e. The van der Waals surface area contributed by atoms with Gasteiger partial charge in [-0.05, 0) is 43.5 Å². The normalized spacial score (nSPS) is 20.9. The number of benzene rings is 1. The molecule has 1 unspecified atom stereocenters. The van der Waals surface area contributed by atoms with Gasteiger partial charge in [0.1, 0.15) is 5.82 Å². The molecule has 112 valence electrons. The van der Waals surface area contributed by atoms with Gasteiger partial charge in [-0.1, -0.05) is 6.42 Å². The highest BCUT2D eigenvalue weighted by Crippen LogP contribution is 2.23. The van der Waals surface area contributed by atoms with Gasteiger partial charge < -0.3 is 5.11 Å². The van der Waals surface area contributed by atoms with Gasteiger partial charge in [-0.15, -0.1) is 0 Å². The third kappa shape index (κ3) is 3.28. The molecular weight excluding hydrogens is 283 g/mol. The molecule has 1 fully saturated rings. The van der Waals surface area contributed by atoms with Crippen molar-refractivity contribution in [3.05, 3.63) is 29.6 Å². The topological polar surface area (TPSA) is 69.6 Å². The van der Waals surface area contributed by atoms with Gasteiger partial charge in [-0.25, -0.2) is 4.39 Å². The van der Waals surface area contributed by atoms with Crippen molar-refractivity contribution in [2.45, 2.75) is 32.2 Å². The van der Waals surface area contributed by atoms with Crippen LogP contribution < -0.4 is 4.72 Å². The van der Waals surface area contributed by atoms with Crippen molar-refractivity contribution < 1.29 is 17.9 Å². The second-order valence-corrected chi connectivity index (χ2v) is 6.63. The van der Waals surface area contributed by atoms with Crippen LogP contribution in [0.4, 0.5) is 10.1 Å². The van der Waals surface area contributed by atoms with E-state index in [1.54, 1.807) is 6.92 Å². The maximum Gasteiger partial charge on any atom is 0.301 e. The van der Waals surface area contributed by atoms with E-state index in [1.807, 2.05) is 0 Å². The van der Waals surface area contributed by atoms with Crippen LogP contribution in [0.3, 0.4) is 0 Å². The maximum atomic E-state index is 13.0. The average molecular weight is 302 g/mol. The lowest BCUT2D eigenvalue weighted by Crippen LogP contribution is -2.48. The quantitative estimate of drug-likeness (QED) is 0.888. The SMILES string of the molecule is Cc1cc(F)ccc1NS(=O)(=O)N1CCCCC1CO. The van der Waals surface area contributed by atoms with Crippen LogP contribution in [-0.2, 0) is 10.2 Å². The van der Waals surface area contributed by atoms with Crippen LogP contribution >= 0.6 is 0 Å². The molecule has 0 aliphatic carbocycles. The molecular formula is C13H19FN2O3S. The fourth-order valence-corrected chi connectivity index (χ4v) is 3.97. The number of rotatable bonds is 4. The Labute approximate surface area is 118 Å². The van der Waals surface area contributed by atoms with Crippen LogP contribution in [-0.4, -0.2) is 37.0 Å². The number of hydrogen-bond acceptors (Lipinski definition) is 3. The Hall–Kier alpha value is -1.18. The monoisotopic (exact) mass is 302 g/mol. The largest absolute Gasteiger partial charge is 0.395 e. The number of nitrogens with one attached hydrogen (secondary N) is 1. The molecule has 5 nitrogen and oxygen atoms in total. The van der Waals surface area contributed by atoms with Crippen LogP contribution in [0.1, 0.15) is 24.8 Å². The third-order valence-electron chi connectivity index (χ3n) is 3.52. The lowest BCUT2D eigenvalue weighted by Gasteiger charge is -2.33. The van der Waals surface area contributed by atoms with Crippen molar-refractivity contribution in [3.63, 3.8) is 0 Å². The van der Waals surface area contributed by atoms with E-state index < -0.39 is 16.0 Å². The van der Waals surface area contributed by atoms with Gasteiger partial charge in [0, 0.05) is 12.6 Å². The van der Waals surface area contributed by atoms with Gasteiger partial charge in [0.05, 0.1) is 12.3 Å². The van der Waals surface area contributed by atoms with Crippen LogP contribution in [0.5, 0.6) is 0 Å². The van der Waals surface area contributed by atoms with Gasteiger partial charge in [-0.2, -0.15) is 12.7 Å². The fourth-order valence-electron chi connectivity index (χ4n) is 2.41. The average Bonchev–Trinajstić information content (AvgIpc) is 2.42. The molecule has 1 aliphatic heterocycles. The zero-order valence-electron chi connectivity index (χ0n) is 11.3. The number of nitrogens with zero attached hydrogens (tertiary/aromatic N) is 1. The summed E-state index contributed by atoms with van der Waals surface area (Å²) in [7, 11) is -3.73. The molecule has 1 aromatic rings. The summed E-state index contributed by atoms with van der Waals surface area (Å²) in [5, 5.41) is 9.30. The van der Waals surface area contributed by atoms with Crippen LogP contribution in [0.25, 0.3) is 0 Å². The van der Waals surface area contributed by atoms with Crippen LogP contribution in [0, 0.1) is 12.7 Å². The summed E-state index contributed by atoms with van der Waals surface area (Å²) in [5.74, 6) is -0.406. The van der Waals surface area contributed by atoms with E-state index >= 15 is 0 Å². The standard InChI is InChI=1S/C13H19FN2O3S/c1-10-8-11(14)5-6-13(10)15-20(18,19)16-7-3-2-4-12(16)9-17/h5-6,8,12,15,17H,2-4,7,9H2,1H3. The summed E-state index contributed by atoms with van der Waals surface area (Å²) in [6.07, 6.45) is 2.34. The highest BCUT2D eigenvalue weighted by Gasteiger charge is 2.32. The first-order valence-electron chi connectivity index (χ1n) is 6.60. The van der Waals surface area contributed by atoms with Crippen LogP contribution in [0.2, 0.25) is 0 Å². The molecule has 0 amide bonds. The second kappa shape index (κ2) is 6.07. The zero-order valence-corrected chi connectivity index (χ0v) is 12.2. The molecule has 1 aliphatic rings. The number of aryl methyl sites for hydroxylation is 1. The number of anilines is 1. The summed E-state index contributed by atoms with van der Waals surface area (Å²) in [4.78, 5) is 0. The molecule has 0 aromatic heterocycles. The maximum absolute atomic E-state index is 13.0. The second-order valence-electron chi connectivity index (χ2n) is 5.01. The number of hydrogen-bond donors (Lipinski definition) is 2. The molecule has 2 rings (SSSR count). The summed E-state index contributed by atoms with van der Waals surface area (Å²) < 4.78 is 41.5. The predicted octanol–water partition coefficient (Wildman–Crippen LogP) is 1.64. The van der Waals surface area contributed by atoms with Gasteiger partial charge in [-0.3, -0.25) is 4.72 Å². The van der Waals surface area contributed by atoms with E-state index in [4.69, 9.17) is 0 Å². The highest BCUT2D eigenvalue weighted by molar-refractivity contribution is 7.90. The molecule has 7 heteroatoms. The molecule has 20 heavy (non-hydrogen) atoms. The Morgan fingerprint density at radius 2 is 2.20 bits per heavy atom. The molecule has 1 atom stereocenters. The van der Waals surface area contributed by atoms with Gasteiger partial charge >= 0.3 is 10.2 Å². The van der Waals surface area contributed by atoms with E-state index in [0.717, 1.165) is 12.8 Å². The lowest BCUT2D eigenvalue weighted by molar-refractivity contribution is 0.156. The van der Waals surface area contributed by atoms with Gasteiger partial charge in [0.15, 0.2) is 0 Å². The van der Waals surface area contributed by atoms with E-state index in [2.05, 4.69) is 4.72 Å². The molecule has 0 bridgehead atoms. The Morgan fingerprint density at radius 1 is 1.45 bits per heavy atom. The number of halogens is 1. The first kappa shape index (κ1) is 15.2. The summed E-state index contributed by atoms with van der Waals surface area (Å²) >= 11 is 0. The first-order valence-corrected chi connectivity index (χ1v) is 8.04. The molecule has 1 aromatic carbocycles. The first-order chi connectivity index (χ1) is 9.44. The number of aliphatic hydroxyl groups excluding tert-OH is 1. The van der Waals surface area contributed by atoms with Crippen molar-refractivity contribution in [3.8, 4) is 0 Å². The lowest BCUT2D eigenvalue weighted by atomic mass is 10.1. The minimum absolute atomic E-state index is 0.191. The van der Waals surface area contributed by atoms with Crippen molar-refractivity contribution in [1.82, 2.24) is 4.31 Å². The van der Waals surface area contributed by atoms with Crippen molar-refractivity contribution in [1.29, 1.82) is 0 Å². The van der Waals surface area contributed by atoms with E-state index in [-0.39, 0.29) is 12.6 Å². The van der Waals surface area contributed by atoms with Crippen LogP contribution in [0.15, 0.2) is 18.2 Å². The number of aliphatic hydroxyl groups is 1. The molecule has 1 heterocycles. The molecule has 0 saturated carbocycles. The molecule has 2 N–H and O–H groups in total. The van der Waals surface area contributed by atoms with E-state index in [9.17, 15) is 17.9 Å². The predicted molar refractivity (Wildman–Crippen MR) is 75.1 cm³/mol. The fraction of sp³-hybridized carbons (Fsp3) is 0.538. The van der Waals surface area contributed by atoms with Crippen molar-refractivity contribution in [2.75, 3.05) is 17.9 Å². The Balaban J connectivity index is 2.21. The summed E-state index contributed by atoms with van der Waals surface area (Å²) in [5.41, 5.74) is 0.875. The zero-order chi connectivity index (χ0) is 14.8. The third-order valence-corrected chi connectivity index (χ3v) is 5.10.